The Bertz CT molecular complexity index is 1490. The molecule has 1 aliphatic heterocycles. The summed E-state index contributed by atoms with van der Waals surface area (Å²) in [6.07, 6.45) is 3.61. The van der Waals surface area contributed by atoms with Crippen LogP contribution in [0.15, 0.2) is 65.0 Å². The third-order valence-electron chi connectivity index (χ3n) is 6.36. The third-order valence-corrected chi connectivity index (χ3v) is 6.36. The van der Waals surface area contributed by atoms with E-state index in [9.17, 15) is 14.4 Å². The molecule has 11 nitrogen and oxygen atoms in total. The highest BCUT2D eigenvalue weighted by molar-refractivity contribution is 6.00. The fraction of sp³-hybridized carbons (Fsp3) is 0.310. The smallest absolute Gasteiger partial charge is 0.338 e. The minimum Gasteiger partial charge on any atom is -0.493 e. The van der Waals surface area contributed by atoms with Gasteiger partial charge >= 0.3 is 12.0 Å². The van der Waals surface area contributed by atoms with Crippen LogP contribution in [-0.4, -0.2) is 49.0 Å². The van der Waals surface area contributed by atoms with E-state index in [-0.39, 0.29) is 24.8 Å². The first-order valence-electron chi connectivity index (χ1n) is 12.9. The molecule has 0 saturated heterocycles. The van der Waals surface area contributed by atoms with Gasteiger partial charge in [-0.2, -0.15) is 5.10 Å². The first-order chi connectivity index (χ1) is 19.2. The van der Waals surface area contributed by atoms with Crippen molar-refractivity contribution in [1.29, 1.82) is 0 Å². The lowest BCUT2D eigenvalue weighted by atomic mass is 9.95. The average molecular weight is 548 g/mol. The number of nitrogens with one attached hydrogen (secondary N) is 3. The summed E-state index contributed by atoms with van der Waals surface area (Å²) in [5.41, 5.74) is 5.73. The predicted octanol–water partition coefficient (Wildman–Crippen LogP) is 3.95. The van der Waals surface area contributed by atoms with Gasteiger partial charge in [0.2, 0.25) is 0 Å². The molecule has 0 unspecified atom stereocenters. The molecule has 1 atom stereocenters. The summed E-state index contributed by atoms with van der Waals surface area (Å²) in [6, 6.07) is 12.0. The first kappa shape index (κ1) is 28.2. The van der Waals surface area contributed by atoms with Gasteiger partial charge in [-0.1, -0.05) is 24.3 Å². The highest BCUT2D eigenvalue weighted by Crippen LogP contribution is 2.34. The molecule has 2 aromatic carbocycles. The molecule has 0 fully saturated rings. The van der Waals surface area contributed by atoms with Crippen LogP contribution in [0.5, 0.6) is 11.5 Å². The number of methoxy groups -OCH3 is 1. The summed E-state index contributed by atoms with van der Waals surface area (Å²) in [5.74, 6) is -0.362. The van der Waals surface area contributed by atoms with Crippen molar-refractivity contribution in [3.05, 3.63) is 71.1 Å². The van der Waals surface area contributed by atoms with Crippen LogP contribution in [-0.2, 0) is 14.3 Å². The number of carbonyl (C=O) groups is 3. The first-order valence-corrected chi connectivity index (χ1v) is 12.9. The van der Waals surface area contributed by atoms with E-state index in [1.54, 1.807) is 38.3 Å². The van der Waals surface area contributed by atoms with Gasteiger partial charge < -0.3 is 29.4 Å². The van der Waals surface area contributed by atoms with Crippen molar-refractivity contribution in [2.45, 2.75) is 39.8 Å². The number of amides is 3. The predicted molar refractivity (Wildman–Crippen MR) is 150 cm³/mol. The molecule has 1 aromatic heterocycles. The standard InChI is InChI=1S/C29H33N5O6/c1-6-39-28(36)26-18(4)31-29(37)32-27(26)19-11-12-23(24(13-19)38-5)40-16-25(35)33-30-14-20-15-34(17(2)3)22-10-8-7-9-21(20)22/h7-15,17,27H,6,16H2,1-5H3,(H,33,35)(H2,31,32,37)/b30-14-/t27-/m0/s1. The maximum Gasteiger partial charge on any atom is 0.338 e. The van der Waals surface area contributed by atoms with Gasteiger partial charge in [-0.3, -0.25) is 4.79 Å². The van der Waals surface area contributed by atoms with Crippen molar-refractivity contribution in [1.82, 2.24) is 20.6 Å². The Morgan fingerprint density at radius 3 is 2.67 bits per heavy atom. The van der Waals surface area contributed by atoms with E-state index in [2.05, 4.69) is 39.6 Å². The molecule has 0 aliphatic carbocycles. The van der Waals surface area contributed by atoms with Crippen LogP contribution in [0.1, 0.15) is 50.9 Å². The van der Waals surface area contributed by atoms with Crippen molar-refractivity contribution in [3.8, 4) is 11.5 Å². The molecule has 40 heavy (non-hydrogen) atoms. The van der Waals surface area contributed by atoms with Gasteiger partial charge in [0.25, 0.3) is 5.91 Å². The number of urea groups is 1. The summed E-state index contributed by atoms with van der Waals surface area (Å²) in [7, 11) is 1.46. The zero-order valence-corrected chi connectivity index (χ0v) is 23.1. The van der Waals surface area contributed by atoms with E-state index in [0.717, 1.165) is 16.5 Å². The molecule has 210 valence electrons. The largest absolute Gasteiger partial charge is 0.493 e. The molecule has 3 aromatic rings. The van der Waals surface area contributed by atoms with E-state index >= 15 is 0 Å². The van der Waals surface area contributed by atoms with E-state index in [1.807, 2.05) is 30.5 Å². The number of hydrogen-bond acceptors (Lipinski definition) is 7. The number of fused-ring (bicyclic) bond motifs is 1. The molecule has 3 N–H and O–H groups in total. The number of ether oxygens (including phenoxy) is 3. The molecule has 3 amide bonds. The van der Waals surface area contributed by atoms with Crippen LogP contribution in [0.2, 0.25) is 0 Å². The quantitative estimate of drug-likeness (QED) is 0.200. The average Bonchev–Trinajstić information content (AvgIpc) is 3.30. The molecule has 0 radical (unpaired) electrons. The molecule has 0 spiro atoms. The highest BCUT2D eigenvalue weighted by atomic mass is 16.5. The number of esters is 1. The SMILES string of the molecule is CCOC(=O)C1=C(C)NC(=O)N[C@H]1c1ccc(OCC(=O)N/N=C\c2cn(C(C)C)c3ccccc23)c(OC)c1. The maximum atomic E-state index is 12.6. The van der Waals surface area contributed by atoms with Crippen LogP contribution < -0.4 is 25.5 Å². The zero-order valence-electron chi connectivity index (χ0n) is 23.1. The Kier molecular flexibility index (Phi) is 8.73. The number of aromatic nitrogens is 1. The van der Waals surface area contributed by atoms with E-state index in [1.165, 1.54) is 7.11 Å². The van der Waals surface area contributed by atoms with Crippen LogP contribution in [0, 0.1) is 0 Å². The highest BCUT2D eigenvalue weighted by Gasteiger charge is 2.32. The number of benzene rings is 2. The van der Waals surface area contributed by atoms with Crippen LogP contribution in [0.4, 0.5) is 4.79 Å². The number of rotatable bonds is 10. The summed E-state index contributed by atoms with van der Waals surface area (Å²) in [6.45, 7) is 7.44. The number of hydrogen-bond donors (Lipinski definition) is 3. The third kappa shape index (κ3) is 6.09. The number of hydrazone groups is 1. The van der Waals surface area contributed by atoms with Crippen molar-refractivity contribution in [2.75, 3.05) is 20.3 Å². The lowest BCUT2D eigenvalue weighted by Gasteiger charge is -2.28. The fourth-order valence-corrected chi connectivity index (χ4v) is 4.52. The van der Waals surface area contributed by atoms with Crippen LogP contribution >= 0.6 is 0 Å². The molecule has 0 bridgehead atoms. The van der Waals surface area contributed by atoms with Gasteiger partial charge in [-0.05, 0) is 51.5 Å². The number of carbonyl (C=O) groups excluding carboxylic acids is 3. The molecule has 11 heteroatoms. The Hall–Kier alpha value is -4.80. The van der Waals surface area contributed by atoms with Gasteiger partial charge in [-0.15, -0.1) is 0 Å². The Morgan fingerprint density at radius 1 is 1.18 bits per heavy atom. The zero-order chi connectivity index (χ0) is 28.8. The van der Waals surface area contributed by atoms with Gasteiger partial charge in [-0.25, -0.2) is 15.0 Å². The van der Waals surface area contributed by atoms with E-state index in [4.69, 9.17) is 14.2 Å². The minimum atomic E-state index is -0.755. The van der Waals surface area contributed by atoms with Crippen molar-refractivity contribution in [2.24, 2.45) is 5.10 Å². The second-order valence-corrected chi connectivity index (χ2v) is 9.39. The van der Waals surface area contributed by atoms with Gasteiger partial charge in [0, 0.05) is 34.4 Å². The van der Waals surface area contributed by atoms with Crippen molar-refractivity contribution in [3.63, 3.8) is 0 Å². The minimum absolute atomic E-state index is 0.194. The topological polar surface area (TPSA) is 132 Å². The lowest BCUT2D eigenvalue weighted by Crippen LogP contribution is -2.45. The lowest BCUT2D eigenvalue weighted by molar-refractivity contribution is -0.139. The van der Waals surface area contributed by atoms with Crippen molar-refractivity contribution < 1.29 is 28.6 Å². The monoisotopic (exact) mass is 547 g/mol. The molecule has 0 saturated carbocycles. The van der Waals surface area contributed by atoms with Crippen LogP contribution in [0.25, 0.3) is 10.9 Å². The number of allylic oxidation sites excluding steroid dienone is 1. The molecular weight excluding hydrogens is 514 g/mol. The summed E-state index contributed by atoms with van der Waals surface area (Å²) in [4.78, 5) is 37.2. The molecular formula is C29H33N5O6. The fourth-order valence-electron chi connectivity index (χ4n) is 4.52. The van der Waals surface area contributed by atoms with Gasteiger partial charge in [0.05, 0.1) is 31.5 Å². The summed E-state index contributed by atoms with van der Waals surface area (Å²) >= 11 is 0. The number of para-hydroxylation sites is 1. The summed E-state index contributed by atoms with van der Waals surface area (Å²) in [5, 5.41) is 10.5. The number of nitrogens with zero attached hydrogens (tertiary/aromatic N) is 2. The summed E-state index contributed by atoms with van der Waals surface area (Å²) < 4.78 is 18.5. The molecule has 1 aliphatic rings. The van der Waals surface area contributed by atoms with Crippen LogP contribution in [0.3, 0.4) is 0 Å². The van der Waals surface area contributed by atoms with Gasteiger partial charge in [0.1, 0.15) is 0 Å². The van der Waals surface area contributed by atoms with Crippen molar-refractivity contribution >= 4 is 35.0 Å². The molecule has 4 rings (SSSR count). The Morgan fingerprint density at radius 2 is 1.95 bits per heavy atom. The van der Waals surface area contributed by atoms with Gasteiger partial charge in [0.15, 0.2) is 18.1 Å². The normalized spacial score (nSPS) is 15.2. The van der Waals surface area contributed by atoms with E-state index in [0.29, 0.717) is 22.8 Å². The van der Waals surface area contributed by atoms with E-state index < -0.39 is 23.9 Å². The second-order valence-electron chi connectivity index (χ2n) is 9.39. The second kappa shape index (κ2) is 12.4. The Balaban J connectivity index is 1.44. The maximum absolute atomic E-state index is 12.6. The molecule has 2 heterocycles. The Labute approximate surface area is 232 Å².